The predicted molar refractivity (Wildman–Crippen MR) is 203 cm³/mol. The minimum atomic E-state index is -3.94. The van der Waals surface area contributed by atoms with Gasteiger partial charge in [0, 0.05) is 36.3 Å². The third-order valence-electron chi connectivity index (χ3n) is 11.3. The van der Waals surface area contributed by atoms with Crippen LogP contribution < -0.4 is 19.5 Å². The molecule has 0 spiro atoms. The third-order valence-corrected chi connectivity index (χ3v) is 14.7. The van der Waals surface area contributed by atoms with Crippen molar-refractivity contribution in [2.24, 2.45) is 17.8 Å². The number of ether oxygens (including phenoxy) is 2. The van der Waals surface area contributed by atoms with E-state index in [0.29, 0.717) is 57.5 Å². The number of carbonyl (C=O) groups is 3. The van der Waals surface area contributed by atoms with Crippen molar-refractivity contribution in [1.82, 2.24) is 24.9 Å². The fraction of sp³-hybridized carbons (Fsp3) is 0.553. The number of hydrogen-bond donors (Lipinski definition) is 2. The minimum Gasteiger partial charge on any atom is -0.495 e. The van der Waals surface area contributed by atoms with Crippen molar-refractivity contribution < 1.29 is 32.3 Å². The second kappa shape index (κ2) is 14.2. The number of hydrogen-bond acceptors (Lipinski definition) is 10. The number of amides is 3. The molecule has 15 heteroatoms. The lowest BCUT2D eigenvalue weighted by molar-refractivity contribution is -0.140. The van der Waals surface area contributed by atoms with Crippen molar-refractivity contribution in [3.8, 4) is 22.2 Å². The number of benzene rings is 1. The molecule has 1 aromatic carbocycles. The highest BCUT2D eigenvalue weighted by atomic mass is 35.5. The van der Waals surface area contributed by atoms with Crippen LogP contribution in [0.2, 0.25) is 5.02 Å². The Bertz CT molecular complexity index is 2100. The molecule has 53 heavy (non-hydrogen) atoms. The van der Waals surface area contributed by atoms with E-state index < -0.39 is 50.1 Å². The van der Waals surface area contributed by atoms with Gasteiger partial charge in [0.2, 0.25) is 21.8 Å². The molecular formula is C38H46ClN5O7S2. The van der Waals surface area contributed by atoms with Crippen LogP contribution in [0.5, 0.6) is 11.5 Å². The van der Waals surface area contributed by atoms with Crippen molar-refractivity contribution in [2.75, 3.05) is 20.7 Å². The number of aromatic nitrogens is 2. The van der Waals surface area contributed by atoms with Gasteiger partial charge in [-0.3, -0.25) is 19.1 Å². The lowest BCUT2D eigenvalue weighted by Gasteiger charge is -2.27. The predicted octanol–water partition coefficient (Wildman–Crippen LogP) is 5.99. The van der Waals surface area contributed by atoms with Gasteiger partial charge in [0.15, 0.2) is 0 Å². The first kappa shape index (κ1) is 37.6. The minimum absolute atomic E-state index is 0.170. The SMILES string of the molecule is COc1ccc2c(O[C@@H]3C[C@H]4C(=O)N[C@@]5(C(=O)NS(=O)(=O)C6(C)CC6)C[C@@H]5/C=C\CCCCN(C)C(=O)[C@@H]4C3)cc(-c3nc(C(C)C)cs3)nc2c1Cl. The molecule has 3 fully saturated rings. The van der Waals surface area contributed by atoms with Gasteiger partial charge in [-0.2, -0.15) is 0 Å². The van der Waals surface area contributed by atoms with Gasteiger partial charge in [0.05, 0.1) is 34.9 Å². The molecule has 3 aliphatic carbocycles. The fourth-order valence-corrected chi connectivity index (χ4v) is 9.95. The summed E-state index contributed by atoms with van der Waals surface area (Å²) in [6, 6.07) is 5.39. The first-order valence-corrected chi connectivity index (χ1v) is 21.0. The molecule has 5 atom stereocenters. The van der Waals surface area contributed by atoms with E-state index in [1.165, 1.54) is 18.4 Å². The molecule has 3 aromatic rings. The molecule has 0 radical (unpaired) electrons. The van der Waals surface area contributed by atoms with Gasteiger partial charge < -0.3 is 19.7 Å². The Balaban J connectivity index is 1.21. The van der Waals surface area contributed by atoms with Crippen LogP contribution in [0.15, 0.2) is 35.7 Å². The maximum absolute atomic E-state index is 14.3. The van der Waals surface area contributed by atoms with E-state index in [4.69, 9.17) is 31.0 Å². The Labute approximate surface area is 319 Å². The molecule has 12 nitrogen and oxygen atoms in total. The number of fused-ring (bicyclic) bond motifs is 3. The molecule has 1 aliphatic heterocycles. The van der Waals surface area contributed by atoms with Gasteiger partial charge in [-0.1, -0.05) is 37.6 Å². The number of thiazole rings is 1. The summed E-state index contributed by atoms with van der Waals surface area (Å²) in [5, 5.41) is 6.62. The number of nitrogens with zero attached hydrogens (tertiary/aromatic N) is 3. The molecule has 2 aromatic heterocycles. The molecule has 3 amide bonds. The number of allylic oxidation sites excluding steroid dienone is 1. The fourth-order valence-electron chi connectivity index (χ4n) is 7.41. The highest BCUT2D eigenvalue weighted by Gasteiger charge is 2.63. The van der Waals surface area contributed by atoms with Crippen molar-refractivity contribution in [3.63, 3.8) is 0 Å². The number of nitrogens with one attached hydrogen (secondary N) is 2. The Morgan fingerprint density at radius 3 is 2.58 bits per heavy atom. The van der Waals surface area contributed by atoms with Gasteiger partial charge in [-0.25, -0.2) is 18.4 Å². The number of sulfonamides is 1. The van der Waals surface area contributed by atoms with E-state index in [9.17, 15) is 22.8 Å². The summed E-state index contributed by atoms with van der Waals surface area (Å²) in [4.78, 5) is 53.5. The van der Waals surface area contributed by atoms with Gasteiger partial charge >= 0.3 is 0 Å². The van der Waals surface area contributed by atoms with Crippen molar-refractivity contribution >= 4 is 61.6 Å². The lowest BCUT2D eigenvalue weighted by Crippen LogP contribution is -2.55. The van der Waals surface area contributed by atoms with E-state index in [1.54, 1.807) is 24.9 Å². The van der Waals surface area contributed by atoms with Crippen LogP contribution in [0.25, 0.3) is 21.6 Å². The van der Waals surface area contributed by atoms with Crippen LogP contribution >= 0.6 is 22.9 Å². The number of carbonyl (C=O) groups excluding carboxylic acids is 3. The maximum atomic E-state index is 14.3. The largest absolute Gasteiger partial charge is 0.495 e. The quantitative estimate of drug-likeness (QED) is 0.262. The van der Waals surface area contributed by atoms with Crippen LogP contribution in [0.4, 0.5) is 0 Å². The lowest BCUT2D eigenvalue weighted by atomic mass is 9.93. The average Bonchev–Trinajstić information content (AvgIpc) is 3.89. The summed E-state index contributed by atoms with van der Waals surface area (Å²) in [6.07, 6.45) is 7.33. The Morgan fingerprint density at radius 2 is 1.89 bits per heavy atom. The first-order chi connectivity index (χ1) is 25.2. The number of halogens is 1. The molecule has 0 unspecified atom stereocenters. The summed E-state index contributed by atoms with van der Waals surface area (Å²) < 4.78 is 39.7. The molecule has 4 aliphatic rings. The number of pyridine rings is 1. The zero-order valence-corrected chi connectivity index (χ0v) is 33.0. The Kier molecular flexibility index (Phi) is 10.0. The van der Waals surface area contributed by atoms with Gasteiger partial charge in [0.1, 0.15) is 38.9 Å². The summed E-state index contributed by atoms with van der Waals surface area (Å²) in [7, 11) is -0.652. The van der Waals surface area contributed by atoms with E-state index in [0.717, 1.165) is 25.0 Å². The van der Waals surface area contributed by atoms with Crippen molar-refractivity contribution in [1.29, 1.82) is 0 Å². The van der Waals surface area contributed by atoms with Crippen molar-refractivity contribution in [3.05, 3.63) is 46.4 Å². The second-order valence-corrected chi connectivity index (χ2v) is 18.9. The van der Waals surface area contributed by atoms with Crippen LogP contribution in [-0.2, 0) is 24.4 Å². The average molecular weight is 784 g/mol. The molecule has 284 valence electrons. The van der Waals surface area contributed by atoms with Crippen LogP contribution in [0, 0.1) is 17.8 Å². The van der Waals surface area contributed by atoms with Crippen molar-refractivity contribution in [2.45, 2.75) is 94.4 Å². The van der Waals surface area contributed by atoms with Crippen LogP contribution in [0.3, 0.4) is 0 Å². The highest BCUT2D eigenvalue weighted by molar-refractivity contribution is 7.91. The smallest absolute Gasteiger partial charge is 0.259 e. The van der Waals surface area contributed by atoms with Gasteiger partial charge in [-0.05, 0) is 76.3 Å². The van der Waals surface area contributed by atoms with Gasteiger partial charge in [-0.15, -0.1) is 11.3 Å². The van der Waals surface area contributed by atoms with Crippen LogP contribution in [-0.4, -0.2) is 78.1 Å². The summed E-state index contributed by atoms with van der Waals surface area (Å²) in [6.45, 7) is 6.30. The highest BCUT2D eigenvalue weighted by Crippen LogP contribution is 2.49. The monoisotopic (exact) mass is 783 g/mol. The molecule has 7 rings (SSSR count). The molecule has 0 saturated heterocycles. The zero-order valence-electron chi connectivity index (χ0n) is 30.6. The first-order valence-electron chi connectivity index (χ1n) is 18.3. The molecule has 3 saturated carbocycles. The normalized spacial score (nSPS) is 27.7. The van der Waals surface area contributed by atoms with Crippen LogP contribution in [0.1, 0.15) is 83.7 Å². The standard InChI is InChI=1S/C38H46ClN5O7S2/c1-21(2)28-20-52-34(41-28)27-18-30(24-11-12-29(50-5)31(39)32(24)40-27)51-23-16-25-26(17-23)35(46)44(4)15-9-7-6-8-10-22-19-38(22,42-33(25)45)36(47)43-53(48,49)37(3)13-14-37/h8,10-12,18,20-23,25-26H,6-7,9,13-17,19H2,1-5H3,(H,42,45)(H,43,47)/b10-8-/t22-,23+,25+,26+,38-/m0/s1. The third kappa shape index (κ3) is 7.14. The molecule has 2 N–H and O–H groups in total. The zero-order chi connectivity index (χ0) is 37.9. The Morgan fingerprint density at radius 1 is 1.13 bits per heavy atom. The molecule has 3 heterocycles. The maximum Gasteiger partial charge on any atom is 0.259 e. The van der Waals surface area contributed by atoms with E-state index in [-0.39, 0.29) is 37.0 Å². The Hall–Kier alpha value is -3.75. The number of rotatable bonds is 8. The summed E-state index contributed by atoms with van der Waals surface area (Å²) >= 11 is 8.27. The van der Waals surface area contributed by atoms with E-state index >= 15 is 0 Å². The van der Waals surface area contributed by atoms with E-state index in [2.05, 4.69) is 23.9 Å². The van der Waals surface area contributed by atoms with E-state index in [1.807, 2.05) is 29.7 Å². The van der Waals surface area contributed by atoms with Gasteiger partial charge in [0.25, 0.3) is 5.91 Å². The topological polar surface area (TPSA) is 157 Å². The second-order valence-electron chi connectivity index (χ2n) is 15.5. The molecule has 0 bridgehead atoms. The summed E-state index contributed by atoms with van der Waals surface area (Å²) in [5.41, 5.74) is 0.556. The number of methoxy groups -OCH3 is 1. The summed E-state index contributed by atoms with van der Waals surface area (Å²) in [5.74, 6) is -2.14. The molecular weight excluding hydrogens is 738 g/mol.